The first-order valence-electron chi connectivity index (χ1n) is 17.7. The maximum Gasteiger partial charge on any atom is 0.133 e. The van der Waals surface area contributed by atoms with Crippen LogP contribution in [-0.2, 0) is 6.42 Å². The van der Waals surface area contributed by atoms with Crippen LogP contribution in [0.15, 0.2) is 193 Å². The van der Waals surface area contributed by atoms with Gasteiger partial charge in [-0.2, -0.15) is 0 Å². The lowest BCUT2D eigenvalue weighted by Crippen LogP contribution is -2.32. The Morgan fingerprint density at radius 3 is 2.37 bits per heavy atom. The lowest BCUT2D eigenvalue weighted by molar-refractivity contribution is 0.797. The highest BCUT2D eigenvalue weighted by molar-refractivity contribution is 7.19. The van der Waals surface area contributed by atoms with Crippen LogP contribution < -0.4 is 9.80 Å². The molecule has 4 aliphatic rings. The number of hydrogen-bond acceptors (Lipinski definition) is 4. The summed E-state index contributed by atoms with van der Waals surface area (Å²) in [5, 5.41) is 1.31. The van der Waals surface area contributed by atoms with Gasteiger partial charge < -0.3 is 9.80 Å². The molecule has 0 radical (unpaired) electrons. The number of hydrogen-bond donors (Lipinski definition) is 0. The molecule has 2 aromatic heterocycles. The number of benzene rings is 2. The number of allylic oxidation sites excluding steroid dienone is 15. The third kappa shape index (κ3) is 6.75. The molecule has 0 fully saturated rings. The van der Waals surface area contributed by atoms with E-state index in [1.165, 1.54) is 42.9 Å². The number of fused-ring (bicyclic) bond motifs is 3. The first-order chi connectivity index (χ1) is 25.2. The van der Waals surface area contributed by atoms with E-state index in [0.717, 1.165) is 72.8 Å². The van der Waals surface area contributed by atoms with Gasteiger partial charge in [0, 0.05) is 69.1 Å². The topological polar surface area (TPSA) is 19.4 Å². The minimum absolute atomic E-state index is 0.747. The first kappa shape index (κ1) is 32.5. The van der Waals surface area contributed by atoms with E-state index in [0.29, 0.717) is 0 Å². The van der Waals surface area contributed by atoms with Gasteiger partial charge in [0.25, 0.3) is 0 Å². The molecule has 3 nitrogen and oxygen atoms in total. The molecule has 0 saturated carbocycles. The van der Waals surface area contributed by atoms with Crippen molar-refractivity contribution in [3.05, 3.63) is 203 Å². The number of thiophene rings is 1. The maximum absolute atomic E-state index is 5.42. The van der Waals surface area contributed by atoms with E-state index in [1.807, 2.05) is 17.4 Å². The van der Waals surface area contributed by atoms with Crippen molar-refractivity contribution in [2.75, 3.05) is 16.3 Å². The minimum Gasteiger partial charge on any atom is -0.326 e. The molecule has 4 heterocycles. The van der Waals surface area contributed by atoms with Crippen LogP contribution in [0.3, 0.4) is 0 Å². The molecule has 0 unspecified atom stereocenters. The van der Waals surface area contributed by atoms with Gasteiger partial charge in [-0.1, -0.05) is 116 Å². The summed E-state index contributed by atoms with van der Waals surface area (Å²) in [7, 11) is 0. The highest BCUT2D eigenvalue weighted by Crippen LogP contribution is 2.40. The summed E-state index contributed by atoms with van der Waals surface area (Å²) in [4.78, 5) is 11.6. The average Bonchev–Trinajstić information content (AvgIpc) is 3.31. The van der Waals surface area contributed by atoms with E-state index in [4.69, 9.17) is 4.98 Å². The van der Waals surface area contributed by atoms with Crippen molar-refractivity contribution in [3.8, 4) is 11.3 Å². The van der Waals surface area contributed by atoms with Crippen LogP contribution in [0.25, 0.3) is 27.4 Å². The third-order valence-corrected chi connectivity index (χ3v) is 11.1. The molecule has 250 valence electrons. The molecular formula is C47H41N3S. The summed E-state index contributed by atoms with van der Waals surface area (Å²) in [5.41, 5.74) is 12.1. The average molecular weight is 680 g/mol. The standard InChI is InChI=1S/C47H41N3S/c1-3-17-40-30-37(20-10-4-8-18-34(2)50(40)39-22-12-6-13-23-39)44-32-35-19-9-5-11-21-38(35)33-49(44)47-27-16-25-43(48-47)36-28-29-46-42(31-36)41-24-14-7-15-26-45(41)51-46/h3-19,22-25,27-29,31H,1-2,20-21,26,30,32-33H2/b10-4-,18-8-,40-17+,44-37+. The summed E-state index contributed by atoms with van der Waals surface area (Å²) >= 11 is 1.90. The Morgan fingerprint density at radius 2 is 1.53 bits per heavy atom. The van der Waals surface area contributed by atoms with Crippen molar-refractivity contribution in [1.82, 2.24) is 4.98 Å². The monoisotopic (exact) mass is 679 g/mol. The Morgan fingerprint density at radius 1 is 0.745 bits per heavy atom. The van der Waals surface area contributed by atoms with Crippen molar-refractivity contribution in [2.24, 2.45) is 0 Å². The Hall–Kier alpha value is -5.71. The summed E-state index contributed by atoms with van der Waals surface area (Å²) < 4.78 is 1.33. The molecule has 4 aromatic rings. The lowest BCUT2D eigenvalue weighted by atomic mass is 9.90. The van der Waals surface area contributed by atoms with Crippen LogP contribution in [0.5, 0.6) is 0 Å². The molecule has 2 aliphatic carbocycles. The van der Waals surface area contributed by atoms with Crippen molar-refractivity contribution in [3.63, 3.8) is 0 Å². The molecular weight excluding hydrogens is 639 g/mol. The van der Waals surface area contributed by atoms with Gasteiger partial charge in [0.15, 0.2) is 0 Å². The van der Waals surface area contributed by atoms with Crippen LogP contribution in [0, 0.1) is 0 Å². The van der Waals surface area contributed by atoms with Gasteiger partial charge in [-0.15, -0.1) is 11.3 Å². The largest absolute Gasteiger partial charge is 0.326 e. The fourth-order valence-corrected chi connectivity index (χ4v) is 8.59. The van der Waals surface area contributed by atoms with E-state index >= 15 is 0 Å². The predicted molar refractivity (Wildman–Crippen MR) is 220 cm³/mol. The van der Waals surface area contributed by atoms with Gasteiger partial charge in [-0.25, -0.2) is 4.98 Å². The fourth-order valence-electron chi connectivity index (χ4n) is 7.44. The zero-order chi connectivity index (χ0) is 34.6. The molecule has 0 saturated heterocycles. The number of anilines is 2. The quantitative estimate of drug-likeness (QED) is 0.214. The molecule has 0 bridgehead atoms. The number of nitrogens with zero attached hydrogens (tertiary/aromatic N) is 3. The van der Waals surface area contributed by atoms with E-state index < -0.39 is 0 Å². The van der Waals surface area contributed by atoms with Crippen molar-refractivity contribution < 1.29 is 0 Å². The number of para-hydroxylation sites is 1. The van der Waals surface area contributed by atoms with Crippen LogP contribution >= 0.6 is 11.3 Å². The summed E-state index contributed by atoms with van der Waals surface area (Å²) in [6.45, 7) is 9.41. The van der Waals surface area contributed by atoms with Gasteiger partial charge >= 0.3 is 0 Å². The first-order valence-corrected chi connectivity index (χ1v) is 18.6. The van der Waals surface area contributed by atoms with Gasteiger partial charge in [0.2, 0.25) is 0 Å². The summed E-state index contributed by atoms with van der Waals surface area (Å²) in [6.07, 6.45) is 34.7. The van der Waals surface area contributed by atoms with Crippen molar-refractivity contribution in [2.45, 2.75) is 32.1 Å². The van der Waals surface area contributed by atoms with Crippen LogP contribution in [-0.4, -0.2) is 11.5 Å². The van der Waals surface area contributed by atoms with Gasteiger partial charge in [-0.3, -0.25) is 0 Å². The highest BCUT2D eigenvalue weighted by atomic mass is 32.1. The summed E-state index contributed by atoms with van der Waals surface area (Å²) in [6, 6.07) is 23.8. The molecule has 4 heteroatoms. The van der Waals surface area contributed by atoms with Gasteiger partial charge in [-0.05, 0) is 83.7 Å². The van der Waals surface area contributed by atoms with Crippen molar-refractivity contribution in [1.29, 1.82) is 0 Å². The van der Waals surface area contributed by atoms with Crippen LogP contribution in [0.1, 0.15) is 36.1 Å². The highest BCUT2D eigenvalue weighted by Gasteiger charge is 2.28. The Labute approximate surface area is 305 Å². The Bertz CT molecular complexity index is 2300. The van der Waals surface area contributed by atoms with Crippen LogP contribution in [0.4, 0.5) is 11.5 Å². The second-order valence-electron chi connectivity index (χ2n) is 13.2. The lowest BCUT2D eigenvalue weighted by Gasteiger charge is -2.36. The second-order valence-corrected chi connectivity index (χ2v) is 14.3. The van der Waals surface area contributed by atoms with Gasteiger partial charge in [0.05, 0.1) is 5.69 Å². The molecule has 0 spiro atoms. The normalized spacial score (nSPS) is 21.0. The zero-order valence-corrected chi connectivity index (χ0v) is 29.7. The van der Waals surface area contributed by atoms with E-state index in [2.05, 4.69) is 169 Å². The number of rotatable bonds is 4. The smallest absolute Gasteiger partial charge is 0.133 e. The fraction of sp³-hybridized carbons (Fsp3) is 0.128. The molecule has 2 aromatic carbocycles. The minimum atomic E-state index is 0.747. The predicted octanol–water partition coefficient (Wildman–Crippen LogP) is 12.4. The molecule has 0 N–H and O–H groups in total. The Kier molecular flexibility index (Phi) is 9.33. The Balaban J connectivity index is 1.24. The van der Waals surface area contributed by atoms with E-state index in [-0.39, 0.29) is 0 Å². The van der Waals surface area contributed by atoms with E-state index in [9.17, 15) is 0 Å². The molecule has 51 heavy (non-hydrogen) atoms. The SMILES string of the molecule is C=C/C=C1\C/C(=C2\CC3=C(CC=CC=C3)CN2c2cccc(-c3ccc4sc5c(c4c3)C=CC=CC5)n2)C/C=C\C=C/C(=C)N1c1ccccc1. The van der Waals surface area contributed by atoms with E-state index in [1.54, 1.807) is 0 Å². The van der Waals surface area contributed by atoms with Crippen LogP contribution in [0.2, 0.25) is 0 Å². The number of pyridine rings is 1. The second kappa shape index (κ2) is 14.6. The molecule has 0 atom stereocenters. The molecule has 2 aliphatic heterocycles. The number of aromatic nitrogens is 1. The van der Waals surface area contributed by atoms with Crippen molar-refractivity contribution >= 4 is 39.0 Å². The van der Waals surface area contributed by atoms with Gasteiger partial charge in [0.1, 0.15) is 5.82 Å². The molecule has 8 rings (SSSR count). The third-order valence-electron chi connectivity index (χ3n) is 9.92. The maximum atomic E-state index is 5.42. The zero-order valence-electron chi connectivity index (χ0n) is 28.8. The summed E-state index contributed by atoms with van der Waals surface area (Å²) in [5.74, 6) is 0.978. The molecule has 0 amide bonds.